The number of imidazole rings is 1. The minimum Gasteiger partial charge on any atom is -0.382 e. The van der Waals surface area contributed by atoms with E-state index in [0.29, 0.717) is 21.7 Å². The zero-order valence-electron chi connectivity index (χ0n) is 10.8. The van der Waals surface area contributed by atoms with Crippen LogP contribution in [0.3, 0.4) is 0 Å². The molecule has 3 N–H and O–H groups in total. The van der Waals surface area contributed by atoms with Gasteiger partial charge in [0, 0.05) is 6.42 Å². The van der Waals surface area contributed by atoms with Crippen LogP contribution in [0.2, 0.25) is 0 Å². The van der Waals surface area contributed by atoms with Crippen molar-refractivity contribution >= 4 is 32.9 Å². The number of nitrogen functional groups attached to an aromatic ring is 1. The lowest BCUT2D eigenvalue weighted by Gasteiger charge is -2.20. The first-order valence-electron chi connectivity index (χ1n) is 6.90. The number of H-pyrrole nitrogens is 1. The van der Waals surface area contributed by atoms with Gasteiger partial charge in [-0.15, -0.1) is 0 Å². The SMILES string of the molecule is Nc1nc(CCC2CCCCC2)nc2nc(Br)[nH]c12. The molecule has 5 nitrogen and oxygen atoms in total. The molecule has 19 heavy (non-hydrogen) atoms. The topological polar surface area (TPSA) is 80.5 Å². The molecule has 1 aliphatic carbocycles. The zero-order chi connectivity index (χ0) is 13.2. The van der Waals surface area contributed by atoms with Gasteiger partial charge < -0.3 is 10.7 Å². The van der Waals surface area contributed by atoms with E-state index in [4.69, 9.17) is 5.73 Å². The molecule has 0 atom stereocenters. The standard InChI is InChI=1S/C13H18BrN5/c14-13-18-10-11(15)16-9(17-12(10)19-13)7-6-8-4-2-1-3-5-8/h8H,1-7H2,(H3,15,16,17,18,19). The number of hydrogen-bond donors (Lipinski definition) is 2. The Labute approximate surface area is 120 Å². The average Bonchev–Trinajstić information content (AvgIpc) is 2.79. The van der Waals surface area contributed by atoms with Crippen molar-refractivity contribution in [2.24, 2.45) is 5.92 Å². The molecule has 2 aromatic rings. The van der Waals surface area contributed by atoms with Crippen molar-refractivity contribution in [2.45, 2.75) is 44.9 Å². The molecule has 0 radical (unpaired) electrons. The van der Waals surface area contributed by atoms with Crippen molar-refractivity contribution in [1.29, 1.82) is 0 Å². The number of aromatic nitrogens is 4. The highest BCUT2D eigenvalue weighted by molar-refractivity contribution is 9.10. The lowest BCUT2D eigenvalue weighted by molar-refractivity contribution is 0.337. The molecule has 0 bridgehead atoms. The number of halogens is 1. The Morgan fingerprint density at radius 2 is 1.95 bits per heavy atom. The minimum atomic E-state index is 0.488. The van der Waals surface area contributed by atoms with Gasteiger partial charge in [0.2, 0.25) is 0 Å². The highest BCUT2D eigenvalue weighted by atomic mass is 79.9. The van der Waals surface area contributed by atoms with E-state index in [-0.39, 0.29) is 0 Å². The fourth-order valence-electron chi connectivity index (χ4n) is 2.86. The fourth-order valence-corrected chi connectivity index (χ4v) is 3.22. The summed E-state index contributed by atoms with van der Waals surface area (Å²) in [7, 11) is 0. The predicted octanol–water partition coefficient (Wildman–Crippen LogP) is 3.21. The number of nitrogens with zero attached hydrogens (tertiary/aromatic N) is 3. The largest absolute Gasteiger partial charge is 0.382 e. The third kappa shape index (κ3) is 2.88. The lowest BCUT2D eigenvalue weighted by atomic mass is 9.86. The van der Waals surface area contributed by atoms with Crippen LogP contribution < -0.4 is 5.73 Å². The van der Waals surface area contributed by atoms with Gasteiger partial charge in [-0.1, -0.05) is 32.1 Å². The van der Waals surface area contributed by atoms with Crippen molar-refractivity contribution in [1.82, 2.24) is 19.9 Å². The monoisotopic (exact) mass is 323 g/mol. The number of anilines is 1. The van der Waals surface area contributed by atoms with Gasteiger partial charge in [-0.2, -0.15) is 0 Å². The number of nitrogens with two attached hydrogens (primary N) is 1. The van der Waals surface area contributed by atoms with Gasteiger partial charge in [-0.25, -0.2) is 15.0 Å². The summed E-state index contributed by atoms with van der Waals surface area (Å²) in [6, 6.07) is 0. The van der Waals surface area contributed by atoms with E-state index in [1.165, 1.54) is 32.1 Å². The van der Waals surface area contributed by atoms with Gasteiger partial charge in [-0.3, -0.25) is 0 Å². The van der Waals surface area contributed by atoms with Crippen LogP contribution in [0.5, 0.6) is 0 Å². The summed E-state index contributed by atoms with van der Waals surface area (Å²) in [6.07, 6.45) is 8.91. The molecule has 1 saturated carbocycles. The molecule has 102 valence electrons. The van der Waals surface area contributed by atoms with Crippen molar-refractivity contribution in [3.8, 4) is 0 Å². The number of aryl methyl sites for hydroxylation is 1. The molecule has 0 unspecified atom stereocenters. The van der Waals surface area contributed by atoms with Crippen LogP contribution in [0.15, 0.2) is 4.73 Å². The Bertz CT molecular complexity index is 574. The molecule has 1 aliphatic rings. The van der Waals surface area contributed by atoms with Crippen LogP contribution in [-0.2, 0) is 6.42 Å². The molecule has 2 aromatic heterocycles. The highest BCUT2D eigenvalue weighted by Gasteiger charge is 2.15. The van der Waals surface area contributed by atoms with Crippen LogP contribution in [0.4, 0.5) is 5.82 Å². The number of hydrogen-bond acceptors (Lipinski definition) is 4. The Morgan fingerprint density at radius 3 is 2.74 bits per heavy atom. The predicted molar refractivity (Wildman–Crippen MR) is 78.7 cm³/mol. The molecule has 0 aromatic carbocycles. The Kier molecular flexibility index (Phi) is 3.68. The summed E-state index contributed by atoms with van der Waals surface area (Å²) in [4.78, 5) is 16.1. The summed E-state index contributed by atoms with van der Waals surface area (Å²) in [6.45, 7) is 0. The van der Waals surface area contributed by atoms with Crippen LogP contribution in [0, 0.1) is 5.92 Å². The van der Waals surface area contributed by atoms with Crippen molar-refractivity contribution in [2.75, 3.05) is 5.73 Å². The molecule has 6 heteroatoms. The second kappa shape index (κ2) is 5.45. The summed E-state index contributed by atoms with van der Waals surface area (Å²) in [5, 5.41) is 0. The van der Waals surface area contributed by atoms with Gasteiger partial charge >= 0.3 is 0 Å². The molecule has 0 aliphatic heterocycles. The summed E-state index contributed by atoms with van der Waals surface area (Å²) in [5.41, 5.74) is 7.30. The van der Waals surface area contributed by atoms with E-state index in [0.717, 1.165) is 24.6 Å². The molecule has 2 heterocycles. The first-order chi connectivity index (χ1) is 9.22. The molecule has 1 fully saturated rings. The Hall–Kier alpha value is -1.17. The van der Waals surface area contributed by atoms with Crippen LogP contribution in [-0.4, -0.2) is 19.9 Å². The van der Waals surface area contributed by atoms with Crippen LogP contribution in [0.1, 0.15) is 44.3 Å². The Balaban J connectivity index is 1.73. The molecular weight excluding hydrogens is 306 g/mol. The third-order valence-electron chi connectivity index (χ3n) is 3.90. The second-order valence-corrected chi connectivity index (χ2v) is 6.05. The first-order valence-corrected chi connectivity index (χ1v) is 7.69. The maximum absolute atomic E-state index is 5.94. The van der Waals surface area contributed by atoms with Crippen molar-refractivity contribution in [3.63, 3.8) is 0 Å². The number of nitrogens with one attached hydrogen (secondary N) is 1. The average molecular weight is 324 g/mol. The molecule has 0 amide bonds. The molecule has 3 rings (SSSR count). The maximum Gasteiger partial charge on any atom is 0.184 e. The van der Waals surface area contributed by atoms with Gasteiger partial charge in [0.1, 0.15) is 11.3 Å². The van der Waals surface area contributed by atoms with E-state index in [1.807, 2.05) is 0 Å². The second-order valence-electron chi connectivity index (χ2n) is 5.29. The van der Waals surface area contributed by atoms with Crippen LogP contribution >= 0.6 is 15.9 Å². The normalized spacial score (nSPS) is 17.1. The smallest absolute Gasteiger partial charge is 0.184 e. The van der Waals surface area contributed by atoms with E-state index in [1.54, 1.807) is 0 Å². The number of fused-ring (bicyclic) bond motifs is 1. The Morgan fingerprint density at radius 1 is 1.16 bits per heavy atom. The summed E-state index contributed by atoms with van der Waals surface area (Å²) < 4.78 is 0.646. The van der Waals surface area contributed by atoms with E-state index >= 15 is 0 Å². The summed E-state index contributed by atoms with van der Waals surface area (Å²) in [5.74, 6) is 2.14. The number of rotatable bonds is 3. The van der Waals surface area contributed by atoms with Gasteiger partial charge in [0.15, 0.2) is 16.2 Å². The van der Waals surface area contributed by atoms with E-state index in [9.17, 15) is 0 Å². The highest BCUT2D eigenvalue weighted by Crippen LogP contribution is 2.27. The lowest BCUT2D eigenvalue weighted by Crippen LogP contribution is -2.09. The molecular formula is C13H18BrN5. The van der Waals surface area contributed by atoms with E-state index < -0.39 is 0 Å². The van der Waals surface area contributed by atoms with Gasteiger partial charge in [0.05, 0.1) is 0 Å². The zero-order valence-corrected chi connectivity index (χ0v) is 12.4. The van der Waals surface area contributed by atoms with E-state index in [2.05, 4.69) is 35.9 Å². The van der Waals surface area contributed by atoms with Gasteiger partial charge in [-0.05, 0) is 28.3 Å². The minimum absolute atomic E-state index is 0.488. The molecule has 0 spiro atoms. The van der Waals surface area contributed by atoms with Crippen molar-refractivity contribution < 1.29 is 0 Å². The molecule has 0 saturated heterocycles. The maximum atomic E-state index is 5.94. The van der Waals surface area contributed by atoms with Crippen molar-refractivity contribution in [3.05, 3.63) is 10.6 Å². The third-order valence-corrected chi connectivity index (χ3v) is 4.27. The fraction of sp³-hybridized carbons (Fsp3) is 0.615. The number of aromatic amines is 1. The van der Waals surface area contributed by atoms with Gasteiger partial charge in [0.25, 0.3) is 0 Å². The first kappa shape index (κ1) is 12.8. The summed E-state index contributed by atoms with van der Waals surface area (Å²) >= 11 is 3.29. The quantitative estimate of drug-likeness (QED) is 0.850. The van der Waals surface area contributed by atoms with Crippen LogP contribution in [0.25, 0.3) is 11.2 Å².